The molecule has 6 heteroatoms. The van der Waals surface area contributed by atoms with E-state index in [2.05, 4.69) is 10.6 Å². The van der Waals surface area contributed by atoms with E-state index < -0.39 is 11.8 Å². The summed E-state index contributed by atoms with van der Waals surface area (Å²) in [5.41, 5.74) is 0.303. The number of amides is 2. The van der Waals surface area contributed by atoms with E-state index in [1.165, 1.54) is 24.3 Å². The molecule has 0 radical (unpaired) electrons. The van der Waals surface area contributed by atoms with E-state index in [1.54, 1.807) is 6.07 Å². The first kappa shape index (κ1) is 11.5. The maximum Gasteiger partial charge on any atom is 0.313 e. The molecule has 0 aromatic heterocycles. The molecule has 6 nitrogen and oxygen atoms in total. The summed E-state index contributed by atoms with van der Waals surface area (Å²) in [5, 5.41) is 21.7. The Hall–Kier alpha value is -2.55. The number of carbonyl (C=O) groups is 2. The van der Waals surface area contributed by atoms with Gasteiger partial charge in [0.05, 0.1) is 6.07 Å². The van der Waals surface area contributed by atoms with E-state index in [9.17, 15) is 9.59 Å². The fraction of sp³-hybridized carbons (Fsp3) is 0.100. The standard InChI is InChI=1S/C10H9N3O3/c11-4-5-12-9(15)10(16)13-7-2-1-3-8(14)6-7/h1-3,6,14H,5H2,(H,12,15)(H,13,16). The minimum Gasteiger partial charge on any atom is -0.508 e. The molecule has 16 heavy (non-hydrogen) atoms. The highest BCUT2D eigenvalue weighted by Gasteiger charge is 2.12. The maximum absolute atomic E-state index is 11.2. The van der Waals surface area contributed by atoms with Gasteiger partial charge in [-0.05, 0) is 12.1 Å². The zero-order chi connectivity index (χ0) is 12.0. The Bertz CT molecular complexity index is 451. The van der Waals surface area contributed by atoms with E-state index in [4.69, 9.17) is 10.4 Å². The van der Waals surface area contributed by atoms with Gasteiger partial charge in [0.25, 0.3) is 0 Å². The number of carbonyl (C=O) groups excluding carboxylic acids is 2. The molecule has 0 atom stereocenters. The lowest BCUT2D eigenvalue weighted by molar-refractivity contribution is -0.136. The third-order valence-electron chi connectivity index (χ3n) is 1.64. The molecule has 0 saturated carbocycles. The number of nitriles is 1. The van der Waals surface area contributed by atoms with E-state index in [0.29, 0.717) is 5.69 Å². The average Bonchev–Trinajstić information content (AvgIpc) is 2.25. The zero-order valence-electron chi connectivity index (χ0n) is 8.23. The molecule has 82 valence electrons. The minimum atomic E-state index is -0.898. The number of nitrogens with zero attached hydrogens (tertiary/aromatic N) is 1. The summed E-state index contributed by atoms with van der Waals surface area (Å²) >= 11 is 0. The van der Waals surface area contributed by atoms with Crippen LogP contribution in [0.15, 0.2) is 24.3 Å². The Balaban J connectivity index is 2.58. The van der Waals surface area contributed by atoms with Crippen LogP contribution < -0.4 is 10.6 Å². The zero-order valence-corrected chi connectivity index (χ0v) is 8.23. The van der Waals surface area contributed by atoms with Crippen LogP contribution in [0.1, 0.15) is 0 Å². The van der Waals surface area contributed by atoms with Gasteiger partial charge in [0.1, 0.15) is 12.3 Å². The number of hydrogen-bond acceptors (Lipinski definition) is 4. The Labute approximate surface area is 91.5 Å². The largest absolute Gasteiger partial charge is 0.508 e. The summed E-state index contributed by atoms with van der Waals surface area (Å²) in [6.07, 6.45) is 0. The first-order chi connectivity index (χ1) is 7.63. The minimum absolute atomic E-state index is 0.0183. The Kier molecular flexibility index (Phi) is 3.86. The first-order valence-corrected chi connectivity index (χ1v) is 4.38. The molecule has 0 fully saturated rings. The van der Waals surface area contributed by atoms with E-state index in [1.807, 2.05) is 0 Å². The summed E-state index contributed by atoms with van der Waals surface area (Å²) < 4.78 is 0. The fourth-order valence-corrected chi connectivity index (χ4v) is 0.972. The van der Waals surface area contributed by atoms with Gasteiger partial charge in [0.2, 0.25) is 0 Å². The molecule has 0 unspecified atom stereocenters. The molecular weight excluding hydrogens is 210 g/mol. The van der Waals surface area contributed by atoms with Gasteiger partial charge in [-0.2, -0.15) is 5.26 Å². The van der Waals surface area contributed by atoms with Crippen molar-refractivity contribution >= 4 is 17.5 Å². The van der Waals surface area contributed by atoms with E-state index in [0.717, 1.165) is 0 Å². The van der Waals surface area contributed by atoms with Gasteiger partial charge in [-0.1, -0.05) is 6.07 Å². The Morgan fingerprint density at radius 3 is 2.75 bits per heavy atom. The van der Waals surface area contributed by atoms with Crippen molar-refractivity contribution in [1.82, 2.24) is 5.32 Å². The van der Waals surface area contributed by atoms with Gasteiger partial charge in [-0.3, -0.25) is 9.59 Å². The summed E-state index contributed by atoms with van der Waals surface area (Å²) in [5.74, 6) is -1.80. The number of benzene rings is 1. The van der Waals surface area contributed by atoms with Crippen LogP contribution in [0.25, 0.3) is 0 Å². The summed E-state index contributed by atoms with van der Waals surface area (Å²) in [6, 6.07) is 7.46. The highest BCUT2D eigenvalue weighted by molar-refractivity contribution is 6.39. The lowest BCUT2D eigenvalue weighted by Gasteiger charge is -2.04. The van der Waals surface area contributed by atoms with Crippen LogP contribution in [0.5, 0.6) is 5.75 Å². The SMILES string of the molecule is N#CCNC(=O)C(=O)Nc1cccc(O)c1. The molecule has 0 aliphatic carbocycles. The van der Waals surface area contributed by atoms with Crippen LogP contribution in [-0.2, 0) is 9.59 Å². The van der Waals surface area contributed by atoms with Crippen LogP contribution in [0.4, 0.5) is 5.69 Å². The number of aromatic hydroxyl groups is 1. The second-order valence-corrected chi connectivity index (χ2v) is 2.85. The second kappa shape index (κ2) is 5.36. The molecule has 0 bridgehead atoms. The number of hydrogen-bond donors (Lipinski definition) is 3. The molecule has 0 heterocycles. The van der Waals surface area contributed by atoms with Crippen molar-refractivity contribution in [3.63, 3.8) is 0 Å². The highest BCUT2D eigenvalue weighted by atomic mass is 16.3. The lowest BCUT2D eigenvalue weighted by Crippen LogP contribution is -2.35. The molecule has 0 aliphatic rings. The van der Waals surface area contributed by atoms with Crippen LogP contribution in [0.3, 0.4) is 0 Å². The van der Waals surface area contributed by atoms with Crippen molar-refractivity contribution in [2.75, 3.05) is 11.9 Å². The molecule has 0 saturated heterocycles. The smallest absolute Gasteiger partial charge is 0.313 e. The van der Waals surface area contributed by atoms with Gasteiger partial charge in [-0.25, -0.2) is 0 Å². The van der Waals surface area contributed by atoms with Crippen LogP contribution in [0.2, 0.25) is 0 Å². The molecule has 3 N–H and O–H groups in total. The van der Waals surface area contributed by atoms with E-state index >= 15 is 0 Å². The molecule has 1 aromatic carbocycles. The summed E-state index contributed by atoms with van der Waals surface area (Å²) in [4.78, 5) is 22.3. The number of nitrogens with one attached hydrogen (secondary N) is 2. The van der Waals surface area contributed by atoms with Crippen LogP contribution >= 0.6 is 0 Å². The topological polar surface area (TPSA) is 102 Å². The molecule has 1 aromatic rings. The van der Waals surface area contributed by atoms with Crippen molar-refractivity contribution < 1.29 is 14.7 Å². The first-order valence-electron chi connectivity index (χ1n) is 4.38. The van der Waals surface area contributed by atoms with Crippen molar-refractivity contribution in [3.8, 4) is 11.8 Å². The van der Waals surface area contributed by atoms with Crippen molar-refractivity contribution in [3.05, 3.63) is 24.3 Å². The molecular formula is C10H9N3O3. The number of phenols is 1. The van der Waals surface area contributed by atoms with Crippen molar-refractivity contribution in [2.24, 2.45) is 0 Å². The Morgan fingerprint density at radius 1 is 1.38 bits per heavy atom. The summed E-state index contributed by atoms with van der Waals surface area (Å²) in [7, 11) is 0. The maximum atomic E-state index is 11.2. The normalized spacial score (nSPS) is 8.94. The quantitative estimate of drug-likeness (QED) is 0.480. The van der Waals surface area contributed by atoms with Gasteiger partial charge >= 0.3 is 11.8 Å². The van der Waals surface area contributed by atoms with Gasteiger partial charge < -0.3 is 15.7 Å². The van der Waals surface area contributed by atoms with Gasteiger partial charge in [0.15, 0.2) is 0 Å². The number of rotatable bonds is 2. The molecule has 2 amide bonds. The van der Waals surface area contributed by atoms with E-state index in [-0.39, 0.29) is 12.3 Å². The number of anilines is 1. The second-order valence-electron chi connectivity index (χ2n) is 2.85. The van der Waals surface area contributed by atoms with Crippen LogP contribution in [0, 0.1) is 11.3 Å². The highest BCUT2D eigenvalue weighted by Crippen LogP contribution is 2.14. The monoisotopic (exact) mass is 219 g/mol. The van der Waals surface area contributed by atoms with Crippen molar-refractivity contribution in [2.45, 2.75) is 0 Å². The fourth-order valence-electron chi connectivity index (χ4n) is 0.972. The predicted molar refractivity (Wildman–Crippen MR) is 55.4 cm³/mol. The molecule has 1 rings (SSSR count). The molecule has 0 spiro atoms. The van der Waals surface area contributed by atoms with Crippen molar-refractivity contribution in [1.29, 1.82) is 5.26 Å². The average molecular weight is 219 g/mol. The lowest BCUT2D eigenvalue weighted by atomic mass is 10.3. The molecule has 0 aliphatic heterocycles. The van der Waals surface area contributed by atoms with Gasteiger partial charge in [-0.15, -0.1) is 0 Å². The Morgan fingerprint density at radius 2 is 2.12 bits per heavy atom. The number of phenolic OH excluding ortho intramolecular Hbond substituents is 1. The predicted octanol–water partition coefficient (Wildman–Crippen LogP) is -0.0295. The van der Waals surface area contributed by atoms with Crippen LogP contribution in [-0.4, -0.2) is 23.5 Å². The third-order valence-corrected chi connectivity index (χ3v) is 1.64. The third kappa shape index (κ3) is 3.31. The summed E-state index contributed by atoms with van der Waals surface area (Å²) in [6.45, 7) is -0.230. The van der Waals surface area contributed by atoms with Gasteiger partial charge in [0, 0.05) is 11.8 Å².